The minimum atomic E-state index is -3.58. The average molecular weight is 322 g/mol. The second-order valence-corrected chi connectivity index (χ2v) is 6.68. The topological polar surface area (TPSA) is 75.7 Å². The Bertz CT molecular complexity index is 707. The molecular weight excluding hydrogens is 304 g/mol. The predicted octanol–water partition coefficient (Wildman–Crippen LogP) is 1.59. The molecule has 0 atom stereocenters. The molecular formula is C15H18N2O4S. The van der Waals surface area contributed by atoms with Crippen molar-refractivity contribution in [2.75, 3.05) is 29.0 Å². The summed E-state index contributed by atoms with van der Waals surface area (Å²) in [5.74, 6) is 2.18. The smallest absolute Gasteiger partial charge is 0.244 e. The van der Waals surface area contributed by atoms with E-state index in [9.17, 15) is 13.2 Å². The Labute approximate surface area is 130 Å². The number of nitrogens with zero attached hydrogens (tertiary/aromatic N) is 1. The number of sulfonamides is 1. The second kappa shape index (κ2) is 6.71. The van der Waals surface area contributed by atoms with Gasteiger partial charge in [-0.05, 0) is 25.0 Å². The van der Waals surface area contributed by atoms with Gasteiger partial charge in [0.25, 0.3) is 0 Å². The van der Waals surface area contributed by atoms with E-state index in [1.54, 1.807) is 23.1 Å². The quantitative estimate of drug-likeness (QED) is 0.835. The summed E-state index contributed by atoms with van der Waals surface area (Å²) in [4.78, 5) is 13.7. The van der Waals surface area contributed by atoms with Crippen LogP contribution in [0.25, 0.3) is 0 Å². The van der Waals surface area contributed by atoms with Crippen LogP contribution in [0.2, 0.25) is 0 Å². The molecule has 22 heavy (non-hydrogen) atoms. The first kappa shape index (κ1) is 16.2. The van der Waals surface area contributed by atoms with E-state index in [4.69, 9.17) is 11.2 Å². The van der Waals surface area contributed by atoms with Crippen LogP contribution in [0, 0.1) is 12.3 Å². The molecule has 1 amide bonds. The lowest BCUT2D eigenvalue weighted by Crippen LogP contribution is -2.35. The van der Waals surface area contributed by atoms with Crippen LogP contribution < -0.4 is 14.4 Å². The number of benzene rings is 1. The number of piperidine rings is 1. The third-order valence-corrected chi connectivity index (χ3v) is 4.43. The number of methoxy groups -OCH3 is 1. The molecule has 1 aliphatic heterocycles. The van der Waals surface area contributed by atoms with Gasteiger partial charge in [0.05, 0.1) is 18.5 Å². The molecule has 0 unspecified atom stereocenters. The molecule has 1 heterocycles. The van der Waals surface area contributed by atoms with Gasteiger partial charge >= 0.3 is 0 Å². The van der Waals surface area contributed by atoms with E-state index in [0.717, 1.165) is 12.8 Å². The fourth-order valence-corrected chi connectivity index (χ4v) is 3.13. The Kier molecular flexibility index (Phi) is 4.93. The van der Waals surface area contributed by atoms with Gasteiger partial charge in [0, 0.05) is 19.0 Å². The van der Waals surface area contributed by atoms with Crippen LogP contribution >= 0.6 is 0 Å². The largest absolute Gasteiger partial charge is 0.494 e. The molecule has 118 valence electrons. The maximum atomic E-state index is 12.0. The SMILES string of the molecule is C#CCS(=O)(=O)Nc1ccc(N2CCCCC2=O)c(OC)c1. The molecule has 0 spiro atoms. The predicted molar refractivity (Wildman–Crippen MR) is 85.4 cm³/mol. The summed E-state index contributed by atoms with van der Waals surface area (Å²) in [6, 6.07) is 4.81. The molecule has 2 rings (SSSR count). The highest BCUT2D eigenvalue weighted by atomic mass is 32.2. The lowest BCUT2D eigenvalue weighted by molar-refractivity contribution is -0.119. The number of anilines is 2. The van der Waals surface area contributed by atoms with Gasteiger partial charge in [0.2, 0.25) is 15.9 Å². The van der Waals surface area contributed by atoms with Crippen LogP contribution in [0.4, 0.5) is 11.4 Å². The summed E-state index contributed by atoms with van der Waals surface area (Å²) < 4.78 is 31.0. The molecule has 7 heteroatoms. The number of ether oxygens (including phenoxy) is 1. The number of rotatable bonds is 5. The zero-order chi connectivity index (χ0) is 16.2. The number of carbonyl (C=O) groups excluding carboxylic acids is 1. The fourth-order valence-electron chi connectivity index (χ4n) is 2.35. The zero-order valence-electron chi connectivity index (χ0n) is 12.3. The van der Waals surface area contributed by atoms with E-state index in [1.165, 1.54) is 7.11 Å². The van der Waals surface area contributed by atoms with Gasteiger partial charge in [-0.3, -0.25) is 9.52 Å². The highest BCUT2D eigenvalue weighted by Gasteiger charge is 2.23. The highest BCUT2D eigenvalue weighted by Crippen LogP contribution is 2.33. The van der Waals surface area contributed by atoms with E-state index in [0.29, 0.717) is 30.1 Å². The van der Waals surface area contributed by atoms with Gasteiger partial charge < -0.3 is 9.64 Å². The molecule has 1 aliphatic rings. The summed E-state index contributed by atoms with van der Waals surface area (Å²) in [6.07, 6.45) is 7.36. The van der Waals surface area contributed by atoms with Crippen molar-refractivity contribution in [2.24, 2.45) is 0 Å². The monoisotopic (exact) mass is 322 g/mol. The average Bonchev–Trinajstić information content (AvgIpc) is 2.47. The third kappa shape index (κ3) is 3.71. The summed E-state index contributed by atoms with van der Waals surface area (Å²) in [5.41, 5.74) is 0.993. The van der Waals surface area contributed by atoms with E-state index in [2.05, 4.69) is 10.6 Å². The molecule has 1 fully saturated rings. The minimum Gasteiger partial charge on any atom is -0.494 e. The summed E-state index contributed by atoms with van der Waals surface area (Å²) in [7, 11) is -2.10. The minimum absolute atomic E-state index is 0.0465. The molecule has 6 nitrogen and oxygen atoms in total. The van der Waals surface area contributed by atoms with E-state index < -0.39 is 15.8 Å². The lowest BCUT2D eigenvalue weighted by Gasteiger charge is -2.28. The highest BCUT2D eigenvalue weighted by molar-refractivity contribution is 7.92. The van der Waals surface area contributed by atoms with Crippen molar-refractivity contribution in [3.05, 3.63) is 18.2 Å². The summed E-state index contributed by atoms with van der Waals surface area (Å²) in [5, 5.41) is 0. The number of nitrogens with one attached hydrogen (secondary N) is 1. The number of amides is 1. The van der Waals surface area contributed by atoms with Gasteiger partial charge in [0.1, 0.15) is 11.5 Å². The molecule has 0 bridgehead atoms. The number of terminal acetylenes is 1. The van der Waals surface area contributed by atoms with E-state index in [-0.39, 0.29) is 5.91 Å². The standard InChI is InChI=1S/C15H18N2O4S/c1-3-10-22(19,20)16-12-7-8-13(14(11-12)21-2)17-9-5-4-6-15(17)18/h1,7-8,11,16H,4-6,9-10H2,2H3. The van der Waals surface area contributed by atoms with Crippen molar-refractivity contribution >= 4 is 27.3 Å². The van der Waals surface area contributed by atoms with Crippen molar-refractivity contribution < 1.29 is 17.9 Å². The molecule has 1 N–H and O–H groups in total. The van der Waals surface area contributed by atoms with Crippen LogP contribution in [0.5, 0.6) is 5.75 Å². The van der Waals surface area contributed by atoms with Gasteiger partial charge in [0.15, 0.2) is 0 Å². The van der Waals surface area contributed by atoms with Gasteiger partial charge in [-0.1, -0.05) is 5.92 Å². The van der Waals surface area contributed by atoms with Crippen molar-refractivity contribution in [3.8, 4) is 18.1 Å². The van der Waals surface area contributed by atoms with E-state index >= 15 is 0 Å². The van der Waals surface area contributed by atoms with Gasteiger partial charge in [-0.2, -0.15) is 0 Å². The van der Waals surface area contributed by atoms with Gasteiger partial charge in [-0.25, -0.2) is 8.42 Å². The Morgan fingerprint density at radius 2 is 2.18 bits per heavy atom. The molecule has 1 saturated heterocycles. The Morgan fingerprint density at radius 1 is 1.41 bits per heavy atom. The Hall–Kier alpha value is -2.20. The fraction of sp³-hybridized carbons (Fsp3) is 0.400. The van der Waals surface area contributed by atoms with Crippen LogP contribution in [0.15, 0.2) is 18.2 Å². The Balaban J connectivity index is 2.28. The first-order valence-corrected chi connectivity index (χ1v) is 8.54. The van der Waals surface area contributed by atoms with Crippen LogP contribution in [0.3, 0.4) is 0 Å². The van der Waals surface area contributed by atoms with E-state index in [1.807, 2.05) is 0 Å². The van der Waals surface area contributed by atoms with Gasteiger partial charge in [-0.15, -0.1) is 6.42 Å². The van der Waals surface area contributed by atoms with Crippen LogP contribution in [-0.2, 0) is 14.8 Å². The lowest BCUT2D eigenvalue weighted by atomic mass is 10.1. The normalized spacial score (nSPS) is 15.3. The molecule has 1 aromatic carbocycles. The Morgan fingerprint density at radius 3 is 2.82 bits per heavy atom. The molecule has 0 aromatic heterocycles. The first-order valence-electron chi connectivity index (χ1n) is 6.89. The molecule has 0 aliphatic carbocycles. The number of hydrogen-bond acceptors (Lipinski definition) is 4. The van der Waals surface area contributed by atoms with Crippen molar-refractivity contribution in [1.29, 1.82) is 0 Å². The maximum Gasteiger partial charge on any atom is 0.244 e. The number of hydrogen-bond donors (Lipinski definition) is 1. The molecule has 0 radical (unpaired) electrons. The molecule has 0 saturated carbocycles. The van der Waals surface area contributed by atoms with Crippen molar-refractivity contribution in [3.63, 3.8) is 0 Å². The first-order chi connectivity index (χ1) is 10.5. The van der Waals surface area contributed by atoms with Crippen molar-refractivity contribution in [2.45, 2.75) is 19.3 Å². The maximum absolute atomic E-state index is 12.0. The van der Waals surface area contributed by atoms with Crippen LogP contribution in [0.1, 0.15) is 19.3 Å². The molecule has 1 aromatic rings. The number of carbonyl (C=O) groups is 1. The summed E-state index contributed by atoms with van der Waals surface area (Å²) in [6.45, 7) is 0.636. The third-order valence-electron chi connectivity index (χ3n) is 3.34. The zero-order valence-corrected chi connectivity index (χ0v) is 13.1. The van der Waals surface area contributed by atoms with Crippen molar-refractivity contribution in [1.82, 2.24) is 0 Å². The second-order valence-electron chi connectivity index (χ2n) is 4.95. The van der Waals surface area contributed by atoms with Crippen LogP contribution in [-0.4, -0.2) is 33.7 Å². The summed E-state index contributed by atoms with van der Waals surface area (Å²) >= 11 is 0.